The first-order valence-corrected chi connectivity index (χ1v) is 15.6. The second kappa shape index (κ2) is 12.7. The molecule has 1 unspecified atom stereocenters. The van der Waals surface area contributed by atoms with E-state index in [-0.39, 0.29) is 22.2 Å². The summed E-state index contributed by atoms with van der Waals surface area (Å²) in [6, 6.07) is 29.7. The summed E-state index contributed by atoms with van der Waals surface area (Å²) in [5.41, 5.74) is 4.10. The molecule has 8 nitrogen and oxygen atoms in total. The summed E-state index contributed by atoms with van der Waals surface area (Å²) in [5.74, 6) is -0.692. The third-order valence-corrected chi connectivity index (χ3v) is 9.37. The Bertz CT molecular complexity index is 1840. The Labute approximate surface area is 262 Å². The number of ether oxygens (including phenoxy) is 1. The molecule has 0 radical (unpaired) electrons. The number of hydrogen-bond donors (Lipinski definition) is 2. The number of hydrogen-bond acceptors (Lipinski definition) is 9. The molecule has 5 aromatic rings. The number of phenolic OH excluding ortho intramolecular Hbond substituents is 1. The average molecular weight is 622 g/mol. The summed E-state index contributed by atoms with van der Waals surface area (Å²) < 4.78 is 6.57. The van der Waals surface area contributed by atoms with Crippen LogP contribution in [0, 0.1) is 6.92 Å². The van der Waals surface area contributed by atoms with Gasteiger partial charge in [-0.3, -0.25) is 14.5 Å². The highest BCUT2D eigenvalue weighted by Gasteiger charge is 2.48. The summed E-state index contributed by atoms with van der Waals surface area (Å²) in [6.45, 7) is 2.41. The molecule has 0 saturated carbocycles. The molecule has 2 heterocycles. The highest BCUT2D eigenvalue weighted by Crippen LogP contribution is 2.44. The molecular weight excluding hydrogens is 595 g/mol. The minimum atomic E-state index is -0.979. The quantitative estimate of drug-likeness (QED) is 0.0592. The van der Waals surface area contributed by atoms with Crippen LogP contribution < -0.4 is 9.64 Å². The predicted molar refractivity (Wildman–Crippen MR) is 171 cm³/mol. The topological polar surface area (TPSA) is 113 Å². The van der Waals surface area contributed by atoms with Crippen molar-refractivity contribution in [1.29, 1.82) is 0 Å². The number of aliphatic hydroxyl groups excluding tert-OH is 1. The molecule has 1 saturated heterocycles. The van der Waals surface area contributed by atoms with Crippen LogP contribution in [0.3, 0.4) is 0 Å². The van der Waals surface area contributed by atoms with Gasteiger partial charge >= 0.3 is 5.91 Å². The molecule has 0 spiro atoms. The van der Waals surface area contributed by atoms with Crippen LogP contribution in [0.5, 0.6) is 11.5 Å². The molecule has 4 aromatic carbocycles. The second-order valence-corrected chi connectivity index (χ2v) is 12.3. The Morgan fingerprint density at radius 2 is 1.61 bits per heavy atom. The Balaban J connectivity index is 1.30. The van der Waals surface area contributed by atoms with Gasteiger partial charge in [-0.1, -0.05) is 89.8 Å². The van der Waals surface area contributed by atoms with Crippen LogP contribution >= 0.6 is 23.1 Å². The van der Waals surface area contributed by atoms with E-state index in [2.05, 4.69) is 10.2 Å². The predicted octanol–water partition coefficient (Wildman–Crippen LogP) is 7.05. The van der Waals surface area contributed by atoms with Crippen molar-refractivity contribution in [2.24, 2.45) is 0 Å². The number of aryl methyl sites for hydroxylation is 1. The van der Waals surface area contributed by atoms with Gasteiger partial charge in [0.1, 0.15) is 23.9 Å². The SMILES string of the molecule is Cc1ccccc1COc1ccc(C(O)=C2C(=O)C(=O)N(c3nnc(SCc4ccccc4)s3)C2c2ccc(O)cc2)cc1. The minimum Gasteiger partial charge on any atom is -0.508 e. The van der Waals surface area contributed by atoms with Crippen molar-refractivity contribution < 1.29 is 24.5 Å². The maximum absolute atomic E-state index is 13.5. The Kier molecular flexibility index (Phi) is 8.44. The van der Waals surface area contributed by atoms with Gasteiger partial charge in [-0.05, 0) is 65.6 Å². The molecule has 2 N–H and O–H groups in total. The number of amides is 1. The Morgan fingerprint density at radius 3 is 2.34 bits per heavy atom. The van der Waals surface area contributed by atoms with Gasteiger partial charge < -0.3 is 14.9 Å². The molecule has 6 rings (SSSR count). The van der Waals surface area contributed by atoms with E-state index in [1.165, 1.54) is 40.1 Å². The zero-order valence-electron chi connectivity index (χ0n) is 23.6. The fraction of sp³-hybridized carbons (Fsp3) is 0.118. The molecule has 220 valence electrons. The number of thioether (sulfide) groups is 1. The Hall–Kier alpha value is -4.93. The normalized spacial score (nSPS) is 15.9. The lowest BCUT2D eigenvalue weighted by molar-refractivity contribution is -0.132. The Morgan fingerprint density at radius 1 is 0.909 bits per heavy atom. The molecule has 44 heavy (non-hydrogen) atoms. The highest BCUT2D eigenvalue weighted by atomic mass is 32.2. The van der Waals surface area contributed by atoms with Gasteiger partial charge in [0.2, 0.25) is 5.13 Å². The molecule has 1 atom stereocenters. The van der Waals surface area contributed by atoms with Crippen LogP contribution in [0.15, 0.2) is 113 Å². The number of phenols is 1. The van der Waals surface area contributed by atoms with Crippen molar-refractivity contribution in [2.75, 3.05) is 4.90 Å². The summed E-state index contributed by atoms with van der Waals surface area (Å²) in [7, 11) is 0. The third-order valence-electron chi connectivity index (χ3n) is 7.24. The average Bonchev–Trinajstić information content (AvgIpc) is 3.62. The number of rotatable bonds is 9. The fourth-order valence-corrected chi connectivity index (χ4v) is 6.70. The van der Waals surface area contributed by atoms with E-state index in [1.807, 2.05) is 61.5 Å². The first kappa shape index (κ1) is 29.2. The monoisotopic (exact) mass is 621 g/mol. The second-order valence-electron chi connectivity index (χ2n) is 10.1. The van der Waals surface area contributed by atoms with Gasteiger partial charge in [-0.25, -0.2) is 0 Å². The van der Waals surface area contributed by atoms with E-state index in [1.54, 1.807) is 36.4 Å². The number of aromatic hydroxyl groups is 1. The lowest BCUT2D eigenvalue weighted by Gasteiger charge is -2.22. The summed E-state index contributed by atoms with van der Waals surface area (Å²) in [6.07, 6.45) is 0. The molecular formula is C34H27N3O5S2. The number of Topliss-reactive ketones (excluding diaryl/α,β-unsaturated/α-hetero) is 1. The van der Waals surface area contributed by atoms with E-state index < -0.39 is 17.7 Å². The molecule has 10 heteroatoms. The molecule has 1 aliphatic rings. The lowest BCUT2D eigenvalue weighted by Crippen LogP contribution is -2.29. The van der Waals surface area contributed by atoms with Gasteiger partial charge in [0.15, 0.2) is 4.34 Å². The smallest absolute Gasteiger partial charge is 0.301 e. The molecule has 1 aromatic heterocycles. The van der Waals surface area contributed by atoms with Gasteiger partial charge in [-0.2, -0.15) is 0 Å². The van der Waals surface area contributed by atoms with Crippen molar-refractivity contribution in [3.05, 3.63) is 137 Å². The molecule has 1 aliphatic heterocycles. The van der Waals surface area contributed by atoms with Crippen LogP contribution in [0.4, 0.5) is 5.13 Å². The summed E-state index contributed by atoms with van der Waals surface area (Å²) >= 11 is 2.67. The van der Waals surface area contributed by atoms with E-state index in [4.69, 9.17) is 4.74 Å². The zero-order chi connectivity index (χ0) is 30.6. The van der Waals surface area contributed by atoms with Crippen molar-refractivity contribution in [2.45, 2.75) is 29.7 Å². The lowest BCUT2D eigenvalue weighted by atomic mass is 9.95. The molecule has 1 amide bonds. The van der Waals surface area contributed by atoms with Crippen LogP contribution in [-0.2, 0) is 21.9 Å². The number of carbonyl (C=O) groups is 2. The van der Waals surface area contributed by atoms with Gasteiger partial charge in [0, 0.05) is 11.3 Å². The fourth-order valence-electron chi connectivity index (χ4n) is 4.88. The number of anilines is 1. The van der Waals surface area contributed by atoms with Crippen LogP contribution in [0.25, 0.3) is 5.76 Å². The van der Waals surface area contributed by atoms with E-state index in [0.29, 0.717) is 33.6 Å². The molecule has 0 aliphatic carbocycles. The van der Waals surface area contributed by atoms with E-state index >= 15 is 0 Å². The van der Waals surface area contributed by atoms with Gasteiger partial charge in [-0.15, -0.1) is 10.2 Å². The minimum absolute atomic E-state index is 0.0301. The van der Waals surface area contributed by atoms with Crippen molar-refractivity contribution >= 4 is 45.7 Å². The van der Waals surface area contributed by atoms with Crippen molar-refractivity contribution in [3.63, 3.8) is 0 Å². The highest BCUT2D eigenvalue weighted by molar-refractivity contribution is 8.00. The maximum atomic E-state index is 13.5. The number of nitrogens with zero attached hydrogens (tertiary/aromatic N) is 3. The number of benzene rings is 4. The largest absolute Gasteiger partial charge is 0.508 e. The first-order chi connectivity index (χ1) is 21.4. The summed E-state index contributed by atoms with van der Waals surface area (Å²) in [4.78, 5) is 28.3. The number of aliphatic hydroxyl groups is 1. The molecule has 1 fully saturated rings. The standard InChI is InChI=1S/C34H27N3O5S2/c1-21-7-5-6-10-25(21)19-42-27-17-13-24(14-18-27)30(39)28-29(23-11-15-26(38)16-12-23)37(32(41)31(28)40)33-35-36-34(44-33)43-20-22-8-3-2-4-9-22/h2-18,29,38-39H,19-20H2,1H3. The molecule has 0 bridgehead atoms. The van der Waals surface area contributed by atoms with Crippen LogP contribution in [0.2, 0.25) is 0 Å². The number of aromatic nitrogens is 2. The van der Waals surface area contributed by atoms with Gasteiger partial charge in [0.05, 0.1) is 11.6 Å². The maximum Gasteiger partial charge on any atom is 0.301 e. The van der Waals surface area contributed by atoms with Crippen molar-refractivity contribution in [3.8, 4) is 11.5 Å². The number of ketones is 1. The van der Waals surface area contributed by atoms with Crippen molar-refractivity contribution in [1.82, 2.24) is 10.2 Å². The van der Waals surface area contributed by atoms with Crippen LogP contribution in [0.1, 0.15) is 33.9 Å². The third kappa shape index (κ3) is 6.08. The zero-order valence-corrected chi connectivity index (χ0v) is 25.2. The van der Waals surface area contributed by atoms with E-state index in [0.717, 1.165) is 16.7 Å². The van der Waals surface area contributed by atoms with E-state index in [9.17, 15) is 19.8 Å². The number of carbonyl (C=O) groups excluding carboxylic acids is 2. The first-order valence-electron chi connectivity index (χ1n) is 13.8. The van der Waals surface area contributed by atoms with Crippen LogP contribution in [-0.4, -0.2) is 32.1 Å². The summed E-state index contributed by atoms with van der Waals surface area (Å²) in [5, 5.41) is 30.1. The van der Waals surface area contributed by atoms with Gasteiger partial charge in [0.25, 0.3) is 5.78 Å².